The molecule has 1 heterocycles. The predicted molar refractivity (Wildman–Crippen MR) is 109 cm³/mol. The number of rotatable bonds is 7. The molecule has 1 atom stereocenters. The summed E-state index contributed by atoms with van der Waals surface area (Å²) in [4.78, 5) is 14.4. The first-order valence-corrected chi connectivity index (χ1v) is 10.9. The molecule has 7 nitrogen and oxygen atoms in total. The van der Waals surface area contributed by atoms with Crippen LogP contribution in [0.25, 0.3) is 0 Å². The van der Waals surface area contributed by atoms with Gasteiger partial charge in [0.15, 0.2) is 9.84 Å². The van der Waals surface area contributed by atoms with Crippen LogP contribution < -0.4 is 5.32 Å². The lowest BCUT2D eigenvalue weighted by Crippen LogP contribution is -2.35. The van der Waals surface area contributed by atoms with E-state index in [1.54, 1.807) is 12.0 Å². The lowest BCUT2D eigenvalue weighted by Gasteiger charge is -2.26. The Balaban J connectivity index is 2.26. The van der Waals surface area contributed by atoms with E-state index in [0.29, 0.717) is 25.3 Å². The number of hydrogen-bond donors (Lipinski definition) is 1. The van der Waals surface area contributed by atoms with Crippen molar-refractivity contribution < 1.29 is 17.9 Å². The van der Waals surface area contributed by atoms with Crippen LogP contribution in [0, 0.1) is 32.1 Å². The molecular weight excluding hydrogens is 378 g/mol. The number of sulfone groups is 1. The molecule has 1 fully saturated rings. The van der Waals surface area contributed by atoms with Gasteiger partial charge in [-0.05, 0) is 38.3 Å². The van der Waals surface area contributed by atoms with Crippen LogP contribution in [0.1, 0.15) is 23.1 Å². The molecule has 0 saturated carbocycles. The summed E-state index contributed by atoms with van der Waals surface area (Å²) in [5.41, 5.74) is 3.54. The minimum Gasteiger partial charge on any atom is -0.383 e. The van der Waals surface area contributed by atoms with E-state index in [-0.39, 0.29) is 23.1 Å². The largest absolute Gasteiger partial charge is 0.383 e. The third-order valence-electron chi connectivity index (χ3n) is 4.81. The van der Waals surface area contributed by atoms with Crippen molar-refractivity contribution in [3.05, 3.63) is 40.6 Å². The van der Waals surface area contributed by atoms with Crippen LogP contribution in [-0.2, 0) is 19.4 Å². The SMILES string of the molecule is COCCN(/C=C(/C#N)C(=O)Nc1c(C)cc(C)cc1C)C1CCS(=O)(=O)C1. The van der Waals surface area contributed by atoms with Crippen molar-refractivity contribution in [2.24, 2.45) is 0 Å². The van der Waals surface area contributed by atoms with Gasteiger partial charge in [0.05, 0.1) is 18.1 Å². The van der Waals surface area contributed by atoms with Crippen molar-refractivity contribution in [3.63, 3.8) is 0 Å². The molecule has 152 valence electrons. The molecule has 1 amide bonds. The number of nitriles is 1. The van der Waals surface area contributed by atoms with Gasteiger partial charge in [0.25, 0.3) is 5.91 Å². The molecule has 2 rings (SSSR count). The highest BCUT2D eigenvalue weighted by molar-refractivity contribution is 7.91. The van der Waals surface area contributed by atoms with Crippen molar-refractivity contribution >= 4 is 21.4 Å². The van der Waals surface area contributed by atoms with Gasteiger partial charge in [0, 0.05) is 31.6 Å². The molecule has 1 unspecified atom stereocenters. The fraction of sp³-hybridized carbons (Fsp3) is 0.500. The van der Waals surface area contributed by atoms with Crippen LogP contribution in [-0.4, -0.2) is 57.0 Å². The van der Waals surface area contributed by atoms with E-state index in [2.05, 4.69) is 5.32 Å². The summed E-state index contributed by atoms with van der Waals surface area (Å²) in [6, 6.07) is 5.61. The minimum atomic E-state index is -3.09. The van der Waals surface area contributed by atoms with Crippen molar-refractivity contribution in [1.29, 1.82) is 5.26 Å². The smallest absolute Gasteiger partial charge is 0.267 e. The Morgan fingerprint density at radius 3 is 2.50 bits per heavy atom. The number of carbonyl (C=O) groups is 1. The van der Waals surface area contributed by atoms with Crippen LogP contribution in [0.2, 0.25) is 0 Å². The highest BCUT2D eigenvalue weighted by atomic mass is 32.2. The standard InChI is InChI=1S/C20H27N3O4S/c1-14-9-15(2)19(16(3)10-14)22-20(24)17(11-21)12-23(6-7-27-4)18-5-8-28(25,26)13-18/h9-10,12,18H,5-8,13H2,1-4H3,(H,22,24)/b17-12-. The molecule has 1 aliphatic rings. The van der Waals surface area contributed by atoms with Crippen molar-refractivity contribution in [3.8, 4) is 6.07 Å². The lowest BCUT2D eigenvalue weighted by molar-refractivity contribution is -0.112. The number of nitrogens with one attached hydrogen (secondary N) is 1. The van der Waals surface area contributed by atoms with Gasteiger partial charge in [0.2, 0.25) is 0 Å². The summed E-state index contributed by atoms with van der Waals surface area (Å²) in [5, 5.41) is 12.3. The summed E-state index contributed by atoms with van der Waals surface area (Å²) >= 11 is 0. The molecule has 0 aliphatic carbocycles. The first-order valence-electron chi connectivity index (χ1n) is 9.13. The van der Waals surface area contributed by atoms with Crippen molar-refractivity contribution in [1.82, 2.24) is 4.90 Å². The van der Waals surface area contributed by atoms with Gasteiger partial charge in [0.1, 0.15) is 11.6 Å². The van der Waals surface area contributed by atoms with E-state index in [1.807, 2.05) is 39.0 Å². The quantitative estimate of drug-likeness (QED) is 0.551. The monoisotopic (exact) mass is 405 g/mol. The zero-order chi connectivity index (χ0) is 20.9. The second kappa shape index (κ2) is 9.22. The normalized spacial score (nSPS) is 18.5. The first-order chi connectivity index (χ1) is 13.2. The first kappa shape index (κ1) is 21.9. The number of amides is 1. The number of hydrogen-bond acceptors (Lipinski definition) is 6. The van der Waals surface area contributed by atoms with Crippen molar-refractivity contribution in [2.45, 2.75) is 33.2 Å². The Morgan fingerprint density at radius 1 is 1.36 bits per heavy atom. The molecule has 0 spiro atoms. The van der Waals surface area contributed by atoms with Crippen LogP contribution in [0.4, 0.5) is 5.69 Å². The van der Waals surface area contributed by atoms with Crippen LogP contribution >= 0.6 is 0 Å². The van der Waals surface area contributed by atoms with Gasteiger partial charge in [-0.2, -0.15) is 5.26 Å². The predicted octanol–water partition coefficient (Wildman–Crippen LogP) is 2.09. The van der Waals surface area contributed by atoms with E-state index in [9.17, 15) is 18.5 Å². The molecule has 0 bridgehead atoms. The Kier molecular flexibility index (Phi) is 7.22. The van der Waals surface area contributed by atoms with Crippen LogP contribution in [0.5, 0.6) is 0 Å². The molecule has 28 heavy (non-hydrogen) atoms. The average Bonchev–Trinajstić information content (AvgIpc) is 2.98. The molecule has 1 aromatic carbocycles. The van der Waals surface area contributed by atoms with Crippen molar-refractivity contribution in [2.75, 3.05) is 37.1 Å². The van der Waals surface area contributed by atoms with Gasteiger partial charge in [-0.1, -0.05) is 17.7 Å². The maximum absolute atomic E-state index is 12.7. The van der Waals surface area contributed by atoms with E-state index < -0.39 is 15.7 Å². The molecule has 0 radical (unpaired) electrons. The number of anilines is 1. The van der Waals surface area contributed by atoms with Gasteiger partial charge in [-0.25, -0.2) is 8.42 Å². The second-order valence-electron chi connectivity index (χ2n) is 7.17. The summed E-state index contributed by atoms with van der Waals surface area (Å²) in [6.45, 7) is 6.55. The molecule has 1 aromatic rings. The van der Waals surface area contributed by atoms with E-state index >= 15 is 0 Å². The Labute approximate surface area is 166 Å². The average molecular weight is 406 g/mol. The zero-order valence-corrected chi connectivity index (χ0v) is 17.6. The Hall–Kier alpha value is -2.37. The number of aryl methyl sites for hydroxylation is 3. The van der Waals surface area contributed by atoms with E-state index in [1.165, 1.54) is 6.20 Å². The summed E-state index contributed by atoms with van der Waals surface area (Å²) in [5.74, 6) is -0.380. The maximum Gasteiger partial charge on any atom is 0.267 e. The fourth-order valence-electron chi connectivity index (χ4n) is 3.45. The molecule has 1 saturated heterocycles. The Morgan fingerprint density at radius 2 is 2.00 bits per heavy atom. The molecule has 1 aliphatic heterocycles. The molecule has 0 aromatic heterocycles. The minimum absolute atomic E-state index is 0.0176. The second-order valence-corrected chi connectivity index (χ2v) is 9.40. The highest BCUT2D eigenvalue weighted by Crippen LogP contribution is 2.23. The van der Waals surface area contributed by atoms with Gasteiger partial charge in [-0.15, -0.1) is 0 Å². The topological polar surface area (TPSA) is 99.5 Å². The number of carbonyl (C=O) groups excluding carboxylic acids is 1. The summed E-state index contributed by atoms with van der Waals surface area (Å²) in [7, 11) is -1.54. The van der Waals surface area contributed by atoms with Gasteiger partial charge >= 0.3 is 0 Å². The van der Waals surface area contributed by atoms with Crippen LogP contribution in [0.15, 0.2) is 23.9 Å². The number of methoxy groups -OCH3 is 1. The third-order valence-corrected chi connectivity index (χ3v) is 6.56. The van der Waals surface area contributed by atoms with E-state index in [4.69, 9.17) is 4.74 Å². The lowest BCUT2D eigenvalue weighted by atomic mass is 10.0. The molecular formula is C20H27N3O4S. The van der Waals surface area contributed by atoms with Gasteiger partial charge < -0.3 is 15.0 Å². The van der Waals surface area contributed by atoms with Gasteiger partial charge in [-0.3, -0.25) is 4.79 Å². The van der Waals surface area contributed by atoms with E-state index in [0.717, 1.165) is 16.7 Å². The summed E-state index contributed by atoms with van der Waals surface area (Å²) < 4.78 is 28.8. The highest BCUT2D eigenvalue weighted by Gasteiger charge is 2.31. The third kappa shape index (κ3) is 5.57. The number of nitrogens with zero attached hydrogens (tertiary/aromatic N) is 2. The molecule has 1 N–H and O–H groups in total. The Bertz CT molecular complexity index is 893. The number of ether oxygens (including phenoxy) is 1. The van der Waals surface area contributed by atoms with Crippen LogP contribution in [0.3, 0.4) is 0 Å². The maximum atomic E-state index is 12.7. The summed E-state index contributed by atoms with van der Waals surface area (Å²) in [6.07, 6.45) is 1.93. The molecule has 8 heteroatoms. The number of benzene rings is 1. The zero-order valence-electron chi connectivity index (χ0n) is 16.8. The fourth-order valence-corrected chi connectivity index (χ4v) is 5.19.